The Morgan fingerprint density at radius 2 is 1.77 bits per heavy atom. The Kier molecular flexibility index (Phi) is 4.68. The Morgan fingerprint density at radius 3 is 2.23 bits per heavy atom. The molecule has 1 heteroatoms. The third-order valence-corrected chi connectivity index (χ3v) is 2.11. The second-order valence-corrected chi connectivity index (χ2v) is 3.83. The number of hydrogen-bond acceptors (Lipinski definition) is 0. The van der Waals surface area contributed by atoms with Crippen LogP contribution in [0.5, 0.6) is 0 Å². The predicted octanol–water partition coefficient (Wildman–Crippen LogP) is 3.13. The van der Waals surface area contributed by atoms with Crippen LogP contribution in [0.3, 0.4) is 0 Å². The van der Waals surface area contributed by atoms with Crippen LogP contribution in [0.1, 0.15) is 45.2 Å². The maximum Gasteiger partial charge on any atom is 0.172 e. The van der Waals surface area contributed by atoms with Gasteiger partial charge in [0.15, 0.2) is 18.4 Å². The summed E-state index contributed by atoms with van der Waals surface area (Å²) in [7, 11) is 0. The normalized spacial score (nSPS) is 10.3. The summed E-state index contributed by atoms with van der Waals surface area (Å²) < 4.78 is 2.25. The summed E-state index contributed by atoms with van der Waals surface area (Å²) in [6, 6.07) is 4.86. The van der Waals surface area contributed by atoms with Crippen molar-refractivity contribution in [1.29, 1.82) is 0 Å². The standard InChI is InChI=1S/C11H18N.CH3/c1-9(2)11-6-5-7-12(8-11)10(3)4;/h5-10H,1-4H3;1H3/q+1;-1. The lowest BCUT2D eigenvalue weighted by Crippen LogP contribution is -2.35. The summed E-state index contributed by atoms with van der Waals surface area (Å²) in [6.45, 7) is 8.84. The quantitative estimate of drug-likeness (QED) is 0.485. The van der Waals surface area contributed by atoms with Crippen LogP contribution in [0.4, 0.5) is 0 Å². The van der Waals surface area contributed by atoms with E-state index in [0.29, 0.717) is 12.0 Å². The molecule has 1 aromatic heterocycles. The molecule has 0 aromatic carbocycles. The van der Waals surface area contributed by atoms with Crippen LogP contribution in [0.15, 0.2) is 24.5 Å². The Balaban J connectivity index is 0.00000144. The number of rotatable bonds is 2. The molecule has 0 fully saturated rings. The van der Waals surface area contributed by atoms with Crippen molar-refractivity contribution in [3.05, 3.63) is 37.5 Å². The third-order valence-electron chi connectivity index (χ3n) is 2.11. The van der Waals surface area contributed by atoms with Gasteiger partial charge in [-0.1, -0.05) is 13.8 Å². The van der Waals surface area contributed by atoms with Gasteiger partial charge in [-0.3, -0.25) is 0 Å². The first-order chi connectivity index (χ1) is 5.61. The first-order valence-corrected chi connectivity index (χ1v) is 4.62. The molecule has 1 rings (SSSR count). The van der Waals surface area contributed by atoms with Crippen LogP contribution in [0.25, 0.3) is 0 Å². The Morgan fingerprint density at radius 1 is 1.15 bits per heavy atom. The molecule has 0 saturated heterocycles. The molecular formula is C12H21N. The summed E-state index contributed by atoms with van der Waals surface area (Å²) in [4.78, 5) is 0. The molecule has 0 aliphatic rings. The van der Waals surface area contributed by atoms with Crippen molar-refractivity contribution in [2.75, 3.05) is 0 Å². The minimum Gasteiger partial charge on any atom is -0.358 e. The molecule has 0 N–H and O–H groups in total. The van der Waals surface area contributed by atoms with Gasteiger partial charge in [-0.25, -0.2) is 4.57 Å². The molecule has 1 heterocycles. The van der Waals surface area contributed by atoms with Crippen LogP contribution in [0, 0.1) is 7.43 Å². The summed E-state index contributed by atoms with van der Waals surface area (Å²) in [5, 5.41) is 0. The van der Waals surface area contributed by atoms with Gasteiger partial charge in [0.1, 0.15) is 0 Å². The molecule has 0 atom stereocenters. The van der Waals surface area contributed by atoms with Gasteiger partial charge in [-0.15, -0.1) is 0 Å². The maximum atomic E-state index is 2.25. The highest BCUT2D eigenvalue weighted by Gasteiger charge is 2.08. The van der Waals surface area contributed by atoms with E-state index in [1.807, 2.05) is 0 Å². The fraction of sp³-hybridized carbons (Fsp3) is 0.500. The van der Waals surface area contributed by atoms with Crippen LogP contribution in [0.2, 0.25) is 0 Å². The molecule has 1 nitrogen and oxygen atoms in total. The second kappa shape index (κ2) is 5.00. The molecule has 13 heavy (non-hydrogen) atoms. The molecule has 0 spiro atoms. The lowest BCUT2D eigenvalue weighted by Gasteiger charge is -2.05. The van der Waals surface area contributed by atoms with Crippen LogP contribution in [-0.4, -0.2) is 0 Å². The van der Waals surface area contributed by atoms with Gasteiger partial charge in [0.25, 0.3) is 0 Å². The molecular weight excluding hydrogens is 158 g/mol. The molecule has 0 unspecified atom stereocenters. The van der Waals surface area contributed by atoms with E-state index in [2.05, 4.69) is 56.8 Å². The Labute approximate surface area is 82.4 Å². The molecule has 0 aliphatic heterocycles. The maximum absolute atomic E-state index is 2.25. The number of hydrogen-bond donors (Lipinski definition) is 0. The molecule has 0 saturated carbocycles. The molecule has 0 bridgehead atoms. The van der Waals surface area contributed by atoms with E-state index >= 15 is 0 Å². The van der Waals surface area contributed by atoms with E-state index in [-0.39, 0.29) is 7.43 Å². The second-order valence-electron chi connectivity index (χ2n) is 3.83. The van der Waals surface area contributed by atoms with Crippen LogP contribution < -0.4 is 4.57 Å². The van der Waals surface area contributed by atoms with Gasteiger partial charge in [-0.2, -0.15) is 0 Å². The molecule has 0 aliphatic carbocycles. The van der Waals surface area contributed by atoms with E-state index in [0.717, 1.165) is 0 Å². The van der Waals surface area contributed by atoms with E-state index < -0.39 is 0 Å². The van der Waals surface area contributed by atoms with Gasteiger partial charge in [0.2, 0.25) is 0 Å². The van der Waals surface area contributed by atoms with Gasteiger partial charge in [0, 0.05) is 11.6 Å². The van der Waals surface area contributed by atoms with Gasteiger partial charge < -0.3 is 7.43 Å². The first kappa shape index (κ1) is 12.2. The fourth-order valence-corrected chi connectivity index (χ4v) is 1.17. The summed E-state index contributed by atoms with van der Waals surface area (Å²) in [5.74, 6) is 0.621. The summed E-state index contributed by atoms with van der Waals surface area (Å²) in [6.07, 6.45) is 4.35. The Bertz CT molecular complexity index is 228. The SMILES string of the molecule is CC(C)c1ccc[n+](C(C)C)c1.[CH3-]. The zero-order chi connectivity index (χ0) is 9.14. The van der Waals surface area contributed by atoms with Crippen molar-refractivity contribution in [3.8, 4) is 0 Å². The van der Waals surface area contributed by atoms with Crippen molar-refractivity contribution in [2.45, 2.75) is 39.7 Å². The zero-order valence-corrected chi connectivity index (χ0v) is 9.41. The predicted molar refractivity (Wildman–Crippen MR) is 57.5 cm³/mol. The fourth-order valence-electron chi connectivity index (χ4n) is 1.17. The minimum atomic E-state index is 0. The van der Waals surface area contributed by atoms with E-state index in [9.17, 15) is 0 Å². The lowest BCUT2D eigenvalue weighted by atomic mass is 10.1. The highest BCUT2D eigenvalue weighted by molar-refractivity contribution is 5.09. The number of pyridine rings is 1. The van der Waals surface area contributed by atoms with E-state index in [4.69, 9.17) is 0 Å². The lowest BCUT2D eigenvalue weighted by molar-refractivity contribution is -0.716. The van der Waals surface area contributed by atoms with Crippen molar-refractivity contribution in [1.82, 2.24) is 0 Å². The summed E-state index contributed by atoms with van der Waals surface area (Å²) in [5.41, 5.74) is 1.41. The highest BCUT2D eigenvalue weighted by Crippen LogP contribution is 2.11. The molecule has 0 amide bonds. The van der Waals surface area contributed by atoms with Gasteiger partial charge in [-0.05, 0) is 25.8 Å². The average Bonchev–Trinajstić information content (AvgIpc) is 2.04. The third kappa shape index (κ3) is 3.17. The van der Waals surface area contributed by atoms with E-state index in [1.165, 1.54) is 5.56 Å². The van der Waals surface area contributed by atoms with Crippen molar-refractivity contribution in [2.24, 2.45) is 0 Å². The monoisotopic (exact) mass is 179 g/mol. The first-order valence-electron chi connectivity index (χ1n) is 4.62. The molecule has 0 radical (unpaired) electrons. The van der Waals surface area contributed by atoms with Gasteiger partial charge >= 0.3 is 0 Å². The minimum absolute atomic E-state index is 0. The largest absolute Gasteiger partial charge is 0.358 e. The smallest absolute Gasteiger partial charge is 0.172 e. The average molecular weight is 179 g/mol. The summed E-state index contributed by atoms with van der Waals surface area (Å²) >= 11 is 0. The Hall–Kier alpha value is -0.850. The van der Waals surface area contributed by atoms with Crippen LogP contribution in [-0.2, 0) is 0 Å². The number of nitrogens with zero attached hydrogens (tertiary/aromatic N) is 1. The van der Waals surface area contributed by atoms with Crippen molar-refractivity contribution in [3.63, 3.8) is 0 Å². The molecule has 1 aromatic rings. The van der Waals surface area contributed by atoms with Gasteiger partial charge in [0.05, 0.1) is 0 Å². The van der Waals surface area contributed by atoms with Crippen molar-refractivity contribution < 1.29 is 4.57 Å². The van der Waals surface area contributed by atoms with Crippen molar-refractivity contribution >= 4 is 0 Å². The van der Waals surface area contributed by atoms with E-state index in [1.54, 1.807) is 0 Å². The highest BCUT2D eigenvalue weighted by atomic mass is 15.0. The van der Waals surface area contributed by atoms with Crippen LogP contribution >= 0.6 is 0 Å². The topological polar surface area (TPSA) is 3.88 Å². The molecule has 74 valence electrons. The number of aromatic nitrogens is 1. The zero-order valence-electron chi connectivity index (χ0n) is 9.41.